The van der Waals surface area contributed by atoms with Crippen LogP contribution in [0.15, 0.2) is 48.5 Å². The van der Waals surface area contributed by atoms with E-state index < -0.39 is 17.6 Å². The molecule has 1 unspecified atom stereocenters. The molecule has 0 spiro atoms. The maximum absolute atomic E-state index is 12.4. The fraction of sp³-hybridized carbons (Fsp3) is 0.444. The van der Waals surface area contributed by atoms with Gasteiger partial charge in [0.05, 0.1) is 0 Å². The summed E-state index contributed by atoms with van der Waals surface area (Å²) >= 11 is 0. The Morgan fingerprint density at radius 3 is 2.18 bits per heavy atom. The molecule has 2 amide bonds. The van der Waals surface area contributed by atoms with Crippen molar-refractivity contribution in [1.82, 2.24) is 10.6 Å². The molecule has 0 aromatic heterocycles. The van der Waals surface area contributed by atoms with Gasteiger partial charge in [0.1, 0.15) is 6.61 Å². The third-order valence-electron chi connectivity index (χ3n) is 6.19. The van der Waals surface area contributed by atoms with Crippen LogP contribution in [0.4, 0.5) is 4.79 Å². The summed E-state index contributed by atoms with van der Waals surface area (Å²) in [6, 6.07) is 16.3. The summed E-state index contributed by atoms with van der Waals surface area (Å²) in [6.07, 6.45) is 1.46. The SMILES string of the molecule is CC(CCCC(=O)NC(C)(C)CCC(=O)O)NC(=O)OCC1c2ccccc2-c2ccccc21. The van der Waals surface area contributed by atoms with Crippen LogP contribution < -0.4 is 10.6 Å². The molecule has 1 aliphatic rings. The predicted molar refractivity (Wildman–Crippen MR) is 131 cm³/mol. The standard InChI is InChI=1S/C27H34N2O5/c1-18(9-8-14-24(30)29-27(2,3)16-15-25(31)32)28-26(33)34-17-23-21-12-6-4-10-19(21)20-11-5-7-13-22(20)23/h4-7,10-13,18,23H,8-9,14-17H2,1-3H3,(H,28,33)(H,29,30)(H,31,32). The molecule has 0 radical (unpaired) electrons. The Bertz CT molecular complexity index is 988. The van der Waals surface area contributed by atoms with Gasteiger partial charge in [-0.15, -0.1) is 0 Å². The Kier molecular flexibility index (Phi) is 8.31. The van der Waals surface area contributed by atoms with Crippen molar-refractivity contribution in [1.29, 1.82) is 0 Å². The molecule has 34 heavy (non-hydrogen) atoms. The Morgan fingerprint density at radius 2 is 1.59 bits per heavy atom. The van der Waals surface area contributed by atoms with Crippen molar-refractivity contribution in [3.63, 3.8) is 0 Å². The first-order chi connectivity index (χ1) is 16.2. The highest BCUT2D eigenvalue weighted by molar-refractivity contribution is 5.79. The van der Waals surface area contributed by atoms with E-state index in [1.54, 1.807) is 0 Å². The van der Waals surface area contributed by atoms with Crippen LogP contribution in [-0.4, -0.2) is 41.3 Å². The molecule has 2 aromatic carbocycles. The summed E-state index contributed by atoms with van der Waals surface area (Å²) in [4.78, 5) is 35.3. The van der Waals surface area contributed by atoms with Crippen LogP contribution in [0.5, 0.6) is 0 Å². The quantitative estimate of drug-likeness (QED) is 0.439. The van der Waals surface area contributed by atoms with Crippen molar-refractivity contribution >= 4 is 18.0 Å². The molecule has 0 saturated carbocycles. The topological polar surface area (TPSA) is 105 Å². The number of alkyl carbamates (subject to hydrolysis) is 1. The van der Waals surface area contributed by atoms with Crippen LogP contribution >= 0.6 is 0 Å². The van der Waals surface area contributed by atoms with Gasteiger partial charge in [0.15, 0.2) is 0 Å². The number of carbonyl (C=O) groups is 3. The molecule has 0 saturated heterocycles. The minimum Gasteiger partial charge on any atom is -0.481 e. The Morgan fingerprint density at radius 1 is 1.00 bits per heavy atom. The van der Waals surface area contributed by atoms with Crippen molar-refractivity contribution in [3.05, 3.63) is 59.7 Å². The highest BCUT2D eigenvalue weighted by Crippen LogP contribution is 2.44. The van der Waals surface area contributed by atoms with E-state index in [1.807, 2.05) is 45.0 Å². The number of carboxylic acids is 1. The van der Waals surface area contributed by atoms with Crippen molar-refractivity contribution < 1.29 is 24.2 Å². The van der Waals surface area contributed by atoms with Gasteiger partial charge in [-0.25, -0.2) is 4.79 Å². The van der Waals surface area contributed by atoms with Crippen LogP contribution in [0.25, 0.3) is 11.1 Å². The van der Waals surface area contributed by atoms with Gasteiger partial charge in [-0.1, -0.05) is 48.5 Å². The number of aliphatic carboxylic acids is 1. The van der Waals surface area contributed by atoms with Crippen LogP contribution in [0.2, 0.25) is 0 Å². The van der Waals surface area contributed by atoms with Crippen LogP contribution in [-0.2, 0) is 14.3 Å². The van der Waals surface area contributed by atoms with Crippen molar-refractivity contribution in [2.24, 2.45) is 0 Å². The first kappa shape index (κ1) is 25.3. The van der Waals surface area contributed by atoms with E-state index in [2.05, 4.69) is 34.9 Å². The van der Waals surface area contributed by atoms with Gasteiger partial charge < -0.3 is 20.5 Å². The molecule has 3 rings (SSSR count). The van der Waals surface area contributed by atoms with Crippen LogP contribution in [0.1, 0.15) is 69.9 Å². The van der Waals surface area contributed by atoms with Gasteiger partial charge in [0.2, 0.25) is 5.91 Å². The molecule has 182 valence electrons. The van der Waals surface area contributed by atoms with Gasteiger partial charge in [-0.2, -0.15) is 0 Å². The van der Waals surface area contributed by atoms with E-state index in [-0.39, 0.29) is 30.9 Å². The summed E-state index contributed by atoms with van der Waals surface area (Å²) in [7, 11) is 0. The zero-order valence-electron chi connectivity index (χ0n) is 20.1. The Labute approximate surface area is 200 Å². The van der Waals surface area contributed by atoms with Crippen LogP contribution in [0, 0.1) is 0 Å². The molecule has 0 fully saturated rings. The van der Waals surface area contributed by atoms with Crippen molar-refractivity contribution in [3.8, 4) is 11.1 Å². The Hall–Kier alpha value is -3.35. The first-order valence-corrected chi connectivity index (χ1v) is 11.8. The second-order valence-corrected chi connectivity index (χ2v) is 9.59. The third-order valence-corrected chi connectivity index (χ3v) is 6.19. The number of ether oxygens (including phenoxy) is 1. The maximum atomic E-state index is 12.4. The van der Waals surface area contributed by atoms with E-state index in [9.17, 15) is 14.4 Å². The summed E-state index contributed by atoms with van der Waals surface area (Å²) < 4.78 is 5.57. The summed E-state index contributed by atoms with van der Waals surface area (Å²) in [5.74, 6) is -0.985. The number of hydrogen-bond donors (Lipinski definition) is 3. The second kappa shape index (κ2) is 11.2. The molecule has 0 bridgehead atoms. The summed E-state index contributed by atoms with van der Waals surface area (Å²) in [6.45, 7) is 5.78. The van der Waals surface area contributed by atoms with E-state index in [0.29, 0.717) is 25.7 Å². The highest BCUT2D eigenvalue weighted by Gasteiger charge is 2.29. The Balaban J connectivity index is 1.40. The molecular weight excluding hydrogens is 432 g/mol. The lowest BCUT2D eigenvalue weighted by Crippen LogP contribution is -2.43. The monoisotopic (exact) mass is 466 g/mol. The fourth-order valence-electron chi connectivity index (χ4n) is 4.40. The van der Waals surface area contributed by atoms with Gasteiger partial charge in [0.25, 0.3) is 0 Å². The number of rotatable bonds is 11. The maximum Gasteiger partial charge on any atom is 0.407 e. The lowest BCUT2D eigenvalue weighted by Gasteiger charge is -2.25. The lowest BCUT2D eigenvalue weighted by molar-refractivity contribution is -0.137. The largest absolute Gasteiger partial charge is 0.481 e. The van der Waals surface area contributed by atoms with E-state index >= 15 is 0 Å². The minimum atomic E-state index is -0.879. The normalized spacial score (nSPS) is 13.5. The first-order valence-electron chi connectivity index (χ1n) is 11.8. The molecule has 0 aliphatic heterocycles. The van der Waals surface area contributed by atoms with E-state index in [4.69, 9.17) is 9.84 Å². The van der Waals surface area contributed by atoms with Gasteiger partial charge in [-0.3, -0.25) is 9.59 Å². The molecule has 0 heterocycles. The smallest absolute Gasteiger partial charge is 0.407 e. The number of fused-ring (bicyclic) bond motifs is 3. The molecular formula is C27H34N2O5. The second-order valence-electron chi connectivity index (χ2n) is 9.59. The number of amides is 2. The summed E-state index contributed by atoms with van der Waals surface area (Å²) in [5.41, 5.74) is 4.14. The highest BCUT2D eigenvalue weighted by atomic mass is 16.5. The average Bonchev–Trinajstić information content (AvgIpc) is 3.10. The number of nitrogens with one attached hydrogen (secondary N) is 2. The van der Waals surface area contributed by atoms with Crippen molar-refractivity contribution in [2.75, 3.05) is 6.61 Å². The molecule has 2 aromatic rings. The van der Waals surface area contributed by atoms with Gasteiger partial charge in [-0.05, 0) is 62.3 Å². The zero-order chi connectivity index (χ0) is 24.7. The molecule has 1 atom stereocenters. The van der Waals surface area contributed by atoms with E-state index in [1.165, 1.54) is 22.3 Å². The molecule has 7 heteroatoms. The van der Waals surface area contributed by atoms with Gasteiger partial charge in [0, 0.05) is 30.3 Å². The number of carboxylic acid groups (broad SMARTS) is 1. The minimum absolute atomic E-state index is 0.00831. The lowest BCUT2D eigenvalue weighted by atomic mass is 9.98. The third kappa shape index (κ3) is 6.83. The van der Waals surface area contributed by atoms with E-state index in [0.717, 1.165) is 0 Å². The average molecular weight is 467 g/mol. The molecule has 1 aliphatic carbocycles. The van der Waals surface area contributed by atoms with Crippen LogP contribution in [0.3, 0.4) is 0 Å². The fourth-order valence-corrected chi connectivity index (χ4v) is 4.40. The van der Waals surface area contributed by atoms with Gasteiger partial charge >= 0.3 is 12.1 Å². The molecule has 3 N–H and O–H groups in total. The number of carbonyl (C=O) groups excluding carboxylic acids is 2. The number of benzene rings is 2. The summed E-state index contributed by atoms with van der Waals surface area (Å²) in [5, 5.41) is 14.5. The molecule has 7 nitrogen and oxygen atoms in total. The predicted octanol–water partition coefficient (Wildman–Crippen LogP) is 4.84. The van der Waals surface area contributed by atoms with Crippen molar-refractivity contribution in [2.45, 2.75) is 70.4 Å². The number of hydrogen-bond acceptors (Lipinski definition) is 4. The zero-order valence-corrected chi connectivity index (χ0v) is 20.1.